The summed E-state index contributed by atoms with van der Waals surface area (Å²) in [6.45, 7) is 2.76. The normalized spacial score (nSPS) is 23.5. The van der Waals surface area contributed by atoms with Crippen molar-refractivity contribution in [2.45, 2.75) is 39.0 Å². The Morgan fingerprint density at radius 3 is 2.53 bits per heavy atom. The molecule has 86 valence electrons. The van der Waals surface area contributed by atoms with Gasteiger partial charge in [-0.25, -0.2) is 0 Å². The zero-order valence-corrected chi connectivity index (χ0v) is 9.16. The predicted octanol–water partition coefficient (Wildman–Crippen LogP) is 1.40. The molecule has 2 atom stereocenters. The summed E-state index contributed by atoms with van der Waals surface area (Å²) in [6.07, 6.45) is 3.69. The summed E-state index contributed by atoms with van der Waals surface area (Å²) in [4.78, 5) is 21.6. The third-order valence-electron chi connectivity index (χ3n) is 2.81. The lowest BCUT2D eigenvalue weighted by molar-refractivity contribution is -0.137. The van der Waals surface area contributed by atoms with Crippen LogP contribution in [-0.2, 0) is 9.59 Å². The number of amides is 1. The van der Waals surface area contributed by atoms with E-state index in [0.29, 0.717) is 18.9 Å². The Balaban J connectivity index is 1.88. The van der Waals surface area contributed by atoms with Gasteiger partial charge >= 0.3 is 5.97 Å². The molecule has 0 heterocycles. The van der Waals surface area contributed by atoms with Gasteiger partial charge in [-0.1, -0.05) is 13.3 Å². The Bertz CT molecular complexity index is 240. The fourth-order valence-electron chi connectivity index (χ4n) is 1.61. The number of rotatable bonds is 7. The van der Waals surface area contributed by atoms with Crippen molar-refractivity contribution in [3.63, 3.8) is 0 Å². The predicted molar refractivity (Wildman–Crippen MR) is 56.4 cm³/mol. The Kier molecular flexibility index (Phi) is 4.59. The highest BCUT2D eigenvalue weighted by Crippen LogP contribution is 2.37. The minimum absolute atomic E-state index is 0.167. The van der Waals surface area contributed by atoms with Crippen molar-refractivity contribution in [3.8, 4) is 0 Å². The highest BCUT2D eigenvalue weighted by Gasteiger charge is 2.38. The Hall–Kier alpha value is -1.06. The smallest absolute Gasteiger partial charge is 0.303 e. The van der Waals surface area contributed by atoms with Crippen LogP contribution in [0.5, 0.6) is 0 Å². The van der Waals surface area contributed by atoms with Crippen LogP contribution in [0.1, 0.15) is 39.0 Å². The van der Waals surface area contributed by atoms with Gasteiger partial charge in [0.2, 0.25) is 5.91 Å². The molecule has 1 amide bonds. The van der Waals surface area contributed by atoms with Gasteiger partial charge in [0.25, 0.3) is 0 Å². The summed E-state index contributed by atoms with van der Waals surface area (Å²) in [5, 5.41) is 11.3. The summed E-state index contributed by atoms with van der Waals surface area (Å²) in [5.41, 5.74) is 0. The van der Waals surface area contributed by atoms with Gasteiger partial charge in [-0.2, -0.15) is 0 Å². The Morgan fingerprint density at radius 1 is 1.33 bits per heavy atom. The lowest BCUT2D eigenvalue weighted by Gasteiger charge is -2.03. The molecule has 0 saturated heterocycles. The van der Waals surface area contributed by atoms with E-state index in [0.717, 1.165) is 19.3 Å². The second kappa shape index (κ2) is 5.73. The van der Waals surface area contributed by atoms with Crippen LogP contribution in [0.4, 0.5) is 0 Å². The summed E-state index contributed by atoms with van der Waals surface area (Å²) in [7, 11) is 0. The van der Waals surface area contributed by atoms with Crippen molar-refractivity contribution in [1.82, 2.24) is 5.32 Å². The summed E-state index contributed by atoms with van der Waals surface area (Å²) in [5.74, 6) is 0.215. The van der Waals surface area contributed by atoms with E-state index in [1.165, 1.54) is 0 Å². The minimum atomic E-state index is -0.745. The van der Waals surface area contributed by atoms with Crippen LogP contribution in [0.25, 0.3) is 0 Å². The maximum absolute atomic E-state index is 11.4. The quantitative estimate of drug-likeness (QED) is 0.628. The van der Waals surface area contributed by atoms with Crippen LogP contribution in [0, 0.1) is 11.8 Å². The van der Waals surface area contributed by atoms with E-state index >= 15 is 0 Å². The molecular formula is C11H19NO3. The van der Waals surface area contributed by atoms with Crippen molar-refractivity contribution in [1.29, 1.82) is 0 Å². The lowest BCUT2D eigenvalue weighted by Crippen LogP contribution is -2.26. The van der Waals surface area contributed by atoms with Gasteiger partial charge in [0.15, 0.2) is 0 Å². The molecule has 4 heteroatoms. The van der Waals surface area contributed by atoms with Gasteiger partial charge < -0.3 is 10.4 Å². The fraction of sp³-hybridized carbons (Fsp3) is 0.818. The van der Waals surface area contributed by atoms with Gasteiger partial charge in [-0.3, -0.25) is 9.59 Å². The molecule has 0 aromatic heterocycles. The monoisotopic (exact) mass is 213 g/mol. The molecular weight excluding hydrogens is 194 g/mol. The molecule has 15 heavy (non-hydrogen) atoms. The summed E-state index contributed by atoms with van der Waals surface area (Å²) >= 11 is 0. The van der Waals surface area contributed by atoms with Gasteiger partial charge in [0, 0.05) is 18.9 Å². The van der Waals surface area contributed by atoms with Crippen molar-refractivity contribution in [2.75, 3.05) is 6.54 Å². The summed E-state index contributed by atoms with van der Waals surface area (Å²) < 4.78 is 0. The second-order valence-electron chi connectivity index (χ2n) is 4.31. The number of aliphatic carboxylic acids is 1. The largest absolute Gasteiger partial charge is 0.481 e. The van der Waals surface area contributed by atoms with Crippen molar-refractivity contribution in [2.24, 2.45) is 11.8 Å². The van der Waals surface area contributed by atoms with Gasteiger partial charge in [-0.15, -0.1) is 0 Å². The first-order valence-corrected chi connectivity index (χ1v) is 5.60. The maximum atomic E-state index is 11.4. The molecule has 4 nitrogen and oxygen atoms in total. The van der Waals surface area contributed by atoms with Crippen LogP contribution < -0.4 is 5.32 Å². The Morgan fingerprint density at radius 2 is 2.00 bits per heavy atom. The SMILES string of the molecule is CC1CC1C(=O)NCCCCCC(=O)O. The molecule has 2 unspecified atom stereocenters. The van der Waals surface area contributed by atoms with E-state index in [-0.39, 0.29) is 18.2 Å². The molecule has 1 fully saturated rings. The zero-order valence-electron chi connectivity index (χ0n) is 9.16. The molecule has 1 aliphatic rings. The van der Waals surface area contributed by atoms with E-state index in [4.69, 9.17) is 5.11 Å². The molecule has 0 spiro atoms. The average molecular weight is 213 g/mol. The fourth-order valence-corrected chi connectivity index (χ4v) is 1.61. The Labute approximate surface area is 90.0 Å². The maximum Gasteiger partial charge on any atom is 0.303 e. The molecule has 1 rings (SSSR count). The number of hydrogen-bond acceptors (Lipinski definition) is 2. The van der Waals surface area contributed by atoms with Crippen molar-refractivity contribution >= 4 is 11.9 Å². The van der Waals surface area contributed by atoms with Crippen molar-refractivity contribution < 1.29 is 14.7 Å². The van der Waals surface area contributed by atoms with E-state index < -0.39 is 5.97 Å². The molecule has 0 aromatic rings. The molecule has 0 aliphatic heterocycles. The topological polar surface area (TPSA) is 66.4 Å². The molecule has 0 radical (unpaired) electrons. The first-order chi connectivity index (χ1) is 7.11. The number of carbonyl (C=O) groups excluding carboxylic acids is 1. The van der Waals surface area contributed by atoms with Gasteiger partial charge in [-0.05, 0) is 25.2 Å². The molecule has 0 aromatic carbocycles. The zero-order chi connectivity index (χ0) is 11.3. The number of nitrogens with one attached hydrogen (secondary N) is 1. The van der Waals surface area contributed by atoms with E-state index in [1.807, 2.05) is 0 Å². The number of unbranched alkanes of at least 4 members (excludes halogenated alkanes) is 2. The van der Waals surface area contributed by atoms with Gasteiger partial charge in [0.1, 0.15) is 0 Å². The van der Waals surface area contributed by atoms with Crippen LogP contribution in [0.3, 0.4) is 0 Å². The molecule has 1 aliphatic carbocycles. The van der Waals surface area contributed by atoms with Crippen LogP contribution in [0.15, 0.2) is 0 Å². The lowest BCUT2D eigenvalue weighted by atomic mass is 10.2. The van der Waals surface area contributed by atoms with Crippen molar-refractivity contribution in [3.05, 3.63) is 0 Å². The second-order valence-corrected chi connectivity index (χ2v) is 4.31. The molecule has 2 N–H and O–H groups in total. The highest BCUT2D eigenvalue weighted by molar-refractivity contribution is 5.81. The first-order valence-electron chi connectivity index (χ1n) is 5.60. The highest BCUT2D eigenvalue weighted by atomic mass is 16.4. The average Bonchev–Trinajstić information content (AvgIpc) is 2.88. The number of carboxylic acid groups (broad SMARTS) is 1. The number of carbonyl (C=O) groups is 2. The standard InChI is InChI=1S/C11H19NO3/c1-8-7-9(8)11(15)12-6-4-2-3-5-10(13)14/h8-9H,2-7H2,1H3,(H,12,15)(H,13,14). The van der Waals surface area contributed by atoms with Crippen LogP contribution in [0.2, 0.25) is 0 Å². The summed E-state index contributed by atoms with van der Waals surface area (Å²) in [6, 6.07) is 0. The van der Waals surface area contributed by atoms with Crippen LogP contribution >= 0.6 is 0 Å². The van der Waals surface area contributed by atoms with E-state index in [1.54, 1.807) is 0 Å². The number of carboxylic acids is 1. The molecule has 0 bridgehead atoms. The first kappa shape index (κ1) is 12.0. The minimum Gasteiger partial charge on any atom is -0.481 e. The van der Waals surface area contributed by atoms with Crippen LogP contribution in [-0.4, -0.2) is 23.5 Å². The van der Waals surface area contributed by atoms with Gasteiger partial charge in [0.05, 0.1) is 0 Å². The van der Waals surface area contributed by atoms with E-state index in [9.17, 15) is 9.59 Å². The number of hydrogen-bond donors (Lipinski definition) is 2. The van der Waals surface area contributed by atoms with E-state index in [2.05, 4.69) is 12.2 Å². The third kappa shape index (κ3) is 4.81. The third-order valence-corrected chi connectivity index (χ3v) is 2.81. The molecule has 1 saturated carbocycles.